The predicted octanol–water partition coefficient (Wildman–Crippen LogP) is 5.13. The van der Waals surface area contributed by atoms with Crippen molar-refractivity contribution in [2.75, 3.05) is 11.4 Å². The zero-order valence-corrected chi connectivity index (χ0v) is 17.1. The number of thioether (sulfide) groups is 1. The highest BCUT2D eigenvalue weighted by atomic mass is 32.2. The second-order valence-electron chi connectivity index (χ2n) is 8.47. The first-order valence-corrected chi connectivity index (χ1v) is 11.1. The highest BCUT2D eigenvalue weighted by molar-refractivity contribution is 8.18. The molecule has 148 valence electrons. The van der Waals surface area contributed by atoms with E-state index < -0.39 is 0 Å². The zero-order chi connectivity index (χ0) is 19.8. The van der Waals surface area contributed by atoms with Crippen molar-refractivity contribution in [3.05, 3.63) is 70.1 Å². The Morgan fingerprint density at radius 1 is 1.07 bits per heavy atom. The number of nitrogens with one attached hydrogen (secondary N) is 1. The molecule has 2 aromatic carbocycles. The highest BCUT2D eigenvalue weighted by Crippen LogP contribution is 2.47. The van der Waals surface area contributed by atoms with Crippen LogP contribution in [0.3, 0.4) is 0 Å². The third-order valence-corrected chi connectivity index (χ3v) is 7.17. The Labute approximate surface area is 175 Å². The lowest BCUT2D eigenvalue weighted by Gasteiger charge is -2.43. The molecule has 2 heterocycles. The number of carbonyl (C=O) groups is 2. The third kappa shape index (κ3) is 3.71. The van der Waals surface area contributed by atoms with Crippen LogP contribution in [0.1, 0.15) is 42.4 Å². The molecule has 1 saturated carbocycles. The Hall–Kier alpha value is -2.53. The third-order valence-electron chi connectivity index (χ3n) is 6.36. The molecule has 0 atom stereocenters. The molecule has 5 rings (SSSR count). The van der Waals surface area contributed by atoms with Gasteiger partial charge in [0.15, 0.2) is 0 Å². The van der Waals surface area contributed by atoms with Gasteiger partial charge in [-0.15, -0.1) is 0 Å². The fraction of sp³-hybridized carbons (Fsp3) is 0.333. The fourth-order valence-corrected chi connectivity index (χ4v) is 5.75. The average molecular weight is 405 g/mol. The van der Waals surface area contributed by atoms with Crippen LogP contribution in [0.4, 0.5) is 10.5 Å². The maximum absolute atomic E-state index is 11.9. The summed E-state index contributed by atoms with van der Waals surface area (Å²) in [6.45, 7) is 2.03. The van der Waals surface area contributed by atoms with Crippen molar-refractivity contribution in [3.8, 4) is 0 Å². The van der Waals surface area contributed by atoms with Gasteiger partial charge in [0.2, 0.25) is 0 Å². The summed E-state index contributed by atoms with van der Waals surface area (Å²) in [7, 11) is 0. The minimum Gasteiger partial charge on any atom is -0.366 e. The standard InChI is InChI=1S/C24H24N2O2S/c27-22-21(29-23(28)25-22)13-18-8-9-20-19(12-18)14-24(10-4-5-11-24)16-26(20)15-17-6-2-1-3-7-17/h1-3,6-9,12-13H,4-5,10-11,14-16H2,(H,25,27,28). The van der Waals surface area contributed by atoms with Crippen LogP contribution >= 0.6 is 11.8 Å². The molecule has 1 saturated heterocycles. The first-order chi connectivity index (χ1) is 14.1. The van der Waals surface area contributed by atoms with E-state index in [0.717, 1.165) is 36.8 Å². The first-order valence-electron chi connectivity index (χ1n) is 10.3. The summed E-state index contributed by atoms with van der Waals surface area (Å²) < 4.78 is 0. The van der Waals surface area contributed by atoms with Crippen molar-refractivity contribution in [2.24, 2.45) is 5.41 Å². The Morgan fingerprint density at radius 3 is 2.59 bits per heavy atom. The van der Waals surface area contributed by atoms with Crippen LogP contribution < -0.4 is 10.2 Å². The van der Waals surface area contributed by atoms with Gasteiger partial charge in [-0.25, -0.2) is 0 Å². The Bertz CT molecular complexity index is 993. The molecule has 5 heteroatoms. The number of anilines is 1. The topological polar surface area (TPSA) is 49.4 Å². The maximum atomic E-state index is 11.9. The summed E-state index contributed by atoms with van der Waals surface area (Å²) in [5.74, 6) is -0.296. The quantitative estimate of drug-likeness (QED) is 0.720. The van der Waals surface area contributed by atoms with Crippen LogP contribution in [0.25, 0.3) is 6.08 Å². The van der Waals surface area contributed by atoms with Crippen LogP contribution in [0, 0.1) is 5.41 Å². The molecular formula is C24H24N2O2S. The molecule has 0 aromatic heterocycles. The lowest BCUT2D eigenvalue weighted by atomic mass is 9.76. The molecule has 1 spiro atoms. The molecule has 29 heavy (non-hydrogen) atoms. The number of hydrogen-bond acceptors (Lipinski definition) is 4. The van der Waals surface area contributed by atoms with Crippen molar-refractivity contribution in [1.82, 2.24) is 5.32 Å². The van der Waals surface area contributed by atoms with Crippen LogP contribution in [0.5, 0.6) is 0 Å². The van der Waals surface area contributed by atoms with Gasteiger partial charge in [-0.05, 0) is 71.3 Å². The van der Waals surface area contributed by atoms with Gasteiger partial charge >= 0.3 is 0 Å². The van der Waals surface area contributed by atoms with Crippen molar-refractivity contribution in [3.63, 3.8) is 0 Å². The molecule has 1 aliphatic carbocycles. The van der Waals surface area contributed by atoms with E-state index in [1.807, 2.05) is 6.08 Å². The lowest BCUT2D eigenvalue weighted by Crippen LogP contribution is -2.42. The van der Waals surface area contributed by atoms with E-state index in [-0.39, 0.29) is 11.1 Å². The molecule has 3 aliphatic rings. The molecule has 0 radical (unpaired) electrons. The van der Waals surface area contributed by atoms with Crippen LogP contribution in [0.15, 0.2) is 53.4 Å². The fourth-order valence-electron chi connectivity index (χ4n) is 5.07. The molecule has 1 N–H and O–H groups in total. The van der Waals surface area contributed by atoms with E-state index in [9.17, 15) is 9.59 Å². The molecule has 2 aliphatic heterocycles. The summed E-state index contributed by atoms with van der Waals surface area (Å²) in [4.78, 5) is 26.4. The first kappa shape index (κ1) is 18.5. The maximum Gasteiger partial charge on any atom is 0.290 e. The van der Waals surface area contributed by atoms with Crippen LogP contribution in [0.2, 0.25) is 0 Å². The predicted molar refractivity (Wildman–Crippen MR) is 118 cm³/mol. The van der Waals surface area contributed by atoms with E-state index in [1.54, 1.807) is 0 Å². The second-order valence-corrected chi connectivity index (χ2v) is 9.48. The van der Waals surface area contributed by atoms with Gasteiger partial charge in [-0.2, -0.15) is 0 Å². The van der Waals surface area contributed by atoms with Crippen molar-refractivity contribution >= 4 is 34.7 Å². The molecule has 0 unspecified atom stereocenters. The Balaban J connectivity index is 1.49. The Morgan fingerprint density at radius 2 is 1.86 bits per heavy atom. The Kier molecular flexibility index (Phi) is 4.70. The number of amides is 2. The smallest absolute Gasteiger partial charge is 0.290 e. The summed E-state index contributed by atoms with van der Waals surface area (Å²) >= 11 is 0.978. The molecule has 2 aromatic rings. The molecule has 4 nitrogen and oxygen atoms in total. The van der Waals surface area contributed by atoms with Gasteiger partial charge in [0.1, 0.15) is 0 Å². The summed E-state index contributed by atoms with van der Waals surface area (Å²) in [5, 5.41) is 2.04. The normalized spacial score (nSPS) is 21.7. The molecule has 2 amide bonds. The molecule has 0 bridgehead atoms. The number of imide groups is 1. The van der Waals surface area contributed by atoms with E-state index in [1.165, 1.54) is 42.5 Å². The van der Waals surface area contributed by atoms with E-state index >= 15 is 0 Å². The van der Waals surface area contributed by atoms with Crippen molar-refractivity contribution in [2.45, 2.75) is 38.6 Å². The van der Waals surface area contributed by atoms with Crippen molar-refractivity contribution < 1.29 is 9.59 Å². The monoisotopic (exact) mass is 404 g/mol. The number of benzene rings is 2. The average Bonchev–Trinajstić information content (AvgIpc) is 3.28. The van der Waals surface area contributed by atoms with Gasteiger partial charge in [0.05, 0.1) is 4.91 Å². The van der Waals surface area contributed by atoms with Crippen LogP contribution in [-0.4, -0.2) is 17.7 Å². The number of fused-ring (bicyclic) bond motifs is 1. The number of rotatable bonds is 3. The highest BCUT2D eigenvalue weighted by Gasteiger charge is 2.40. The van der Waals surface area contributed by atoms with Gasteiger partial charge in [-0.1, -0.05) is 49.2 Å². The molecule has 2 fully saturated rings. The summed E-state index contributed by atoms with van der Waals surface area (Å²) in [6.07, 6.45) is 8.14. The van der Waals surface area contributed by atoms with Crippen LogP contribution in [-0.2, 0) is 17.8 Å². The largest absolute Gasteiger partial charge is 0.366 e. The second kappa shape index (κ2) is 7.38. The van der Waals surface area contributed by atoms with E-state index in [2.05, 4.69) is 58.7 Å². The minimum atomic E-state index is -0.296. The lowest BCUT2D eigenvalue weighted by molar-refractivity contribution is -0.115. The SMILES string of the molecule is O=C1NC(=O)C(=Cc2ccc3c(c2)CC2(CCCC2)CN3Cc2ccccc2)S1. The van der Waals surface area contributed by atoms with Gasteiger partial charge in [-0.3, -0.25) is 14.9 Å². The van der Waals surface area contributed by atoms with Crippen molar-refractivity contribution in [1.29, 1.82) is 0 Å². The number of carbonyl (C=O) groups excluding carboxylic acids is 2. The van der Waals surface area contributed by atoms with Gasteiger partial charge in [0, 0.05) is 18.8 Å². The van der Waals surface area contributed by atoms with Gasteiger partial charge < -0.3 is 4.90 Å². The summed E-state index contributed by atoms with van der Waals surface area (Å²) in [6, 6.07) is 17.1. The van der Waals surface area contributed by atoms with E-state index in [0.29, 0.717) is 10.3 Å². The van der Waals surface area contributed by atoms with Gasteiger partial charge in [0.25, 0.3) is 11.1 Å². The molecular weight excluding hydrogens is 380 g/mol. The van der Waals surface area contributed by atoms with E-state index in [4.69, 9.17) is 0 Å². The minimum absolute atomic E-state index is 0.293. The number of hydrogen-bond donors (Lipinski definition) is 1. The summed E-state index contributed by atoms with van der Waals surface area (Å²) in [5.41, 5.74) is 5.34. The zero-order valence-electron chi connectivity index (χ0n) is 16.3. The number of nitrogens with zero attached hydrogens (tertiary/aromatic N) is 1.